The minimum Gasteiger partial charge on any atom is -0.204 e. The molecule has 2 saturated carbocycles. The summed E-state index contributed by atoms with van der Waals surface area (Å²) >= 11 is 0. The van der Waals surface area contributed by atoms with Gasteiger partial charge in [-0.1, -0.05) is 89.0 Å². The number of rotatable bonds is 7. The molecule has 2 aromatic carbocycles. The average Bonchev–Trinajstić information content (AvgIpc) is 2.79. The summed E-state index contributed by atoms with van der Waals surface area (Å²) in [5.41, 5.74) is 1.30. The van der Waals surface area contributed by atoms with Crippen molar-refractivity contribution in [2.24, 2.45) is 17.8 Å². The van der Waals surface area contributed by atoms with Crippen LogP contribution in [0.5, 0.6) is 0 Å². The van der Waals surface area contributed by atoms with E-state index in [-0.39, 0.29) is 0 Å². The van der Waals surface area contributed by atoms with Crippen LogP contribution in [0, 0.1) is 29.4 Å². The summed E-state index contributed by atoms with van der Waals surface area (Å²) in [5, 5.41) is 1.22. The number of halogens is 2. The molecule has 0 N–H and O–H groups in total. The van der Waals surface area contributed by atoms with Crippen molar-refractivity contribution in [3.05, 3.63) is 47.5 Å². The standard InChI is InChI=1S/C28H38F2/c1-2-3-4-20-5-7-21(8-6-20)9-10-22-11-13-23(14-12-22)24-15-17-26-25(19-24)16-18-27(29)28(26)30/h15-23H,2-14H2,1H3/t20-,21-,22-,23-. The van der Waals surface area contributed by atoms with E-state index in [9.17, 15) is 8.78 Å². The van der Waals surface area contributed by atoms with Gasteiger partial charge >= 0.3 is 0 Å². The number of hydrogen-bond acceptors (Lipinski definition) is 0. The molecule has 0 atom stereocenters. The number of fused-ring (bicyclic) bond motifs is 1. The van der Waals surface area contributed by atoms with E-state index >= 15 is 0 Å². The van der Waals surface area contributed by atoms with Crippen molar-refractivity contribution in [2.75, 3.05) is 0 Å². The normalized spacial score (nSPS) is 27.4. The average molecular weight is 413 g/mol. The molecule has 0 spiro atoms. The number of hydrogen-bond donors (Lipinski definition) is 0. The third kappa shape index (κ3) is 5.24. The molecule has 0 amide bonds. The smallest absolute Gasteiger partial charge is 0.166 e. The van der Waals surface area contributed by atoms with Crippen LogP contribution in [-0.4, -0.2) is 0 Å². The first-order chi connectivity index (χ1) is 14.6. The molecule has 4 rings (SSSR count). The largest absolute Gasteiger partial charge is 0.204 e. The number of unbranched alkanes of at least 4 members (excludes halogenated alkanes) is 1. The summed E-state index contributed by atoms with van der Waals surface area (Å²) < 4.78 is 27.4. The van der Waals surface area contributed by atoms with Gasteiger partial charge < -0.3 is 0 Å². The molecule has 0 aliphatic heterocycles. The van der Waals surface area contributed by atoms with E-state index in [0.29, 0.717) is 11.3 Å². The van der Waals surface area contributed by atoms with Crippen molar-refractivity contribution in [1.82, 2.24) is 0 Å². The fraction of sp³-hybridized carbons (Fsp3) is 0.643. The van der Waals surface area contributed by atoms with E-state index in [1.165, 1.54) is 95.1 Å². The van der Waals surface area contributed by atoms with Gasteiger partial charge in [-0.3, -0.25) is 0 Å². The molecular weight excluding hydrogens is 374 g/mol. The summed E-state index contributed by atoms with van der Waals surface area (Å²) in [7, 11) is 0. The van der Waals surface area contributed by atoms with E-state index in [1.54, 1.807) is 12.1 Å². The molecule has 2 fully saturated rings. The predicted octanol–water partition coefficient (Wildman–Crippen LogP) is 9.17. The van der Waals surface area contributed by atoms with Gasteiger partial charge in [-0.25, -0.2) is 8.78 Å². The minimum atomic E-state index is -0.759. The molecule has 2 aliphatic carbocycles. The van der Waals surface area contributed by atoms with E-state index in [0.717, 1.165) is 23.1 Å². The molecule has 0 nitrogen and oxygen atoms in total. The van der Waals surface area contributed by atoms with Crippen molar-refractivity contribution in [1.29, 1.82) is 0 Å². The van der Waals surface area contributed by atoms with Gasteiger partial charge in [0, 0.05) is 5.39 Å². The van der Waals surface area contributed by atoms with Crippen LogP contribution in [-0.2, 0) is 0 Å². The van der Waals surface area contributed by atoms with Crippen LogP contribution in [0.25, 0.3) is 10.8 Å². The quantitative estimate of drug-likeness (QED) is 0.425. The molecule has 0 aromatic heterocycles. The van der Waals surface area contributed by atoms with E-state index in [1.807, 2.05) is 6.07 Å². The maximum Gasteiger partial charge on any atom is 0.166 e. The Bertz CT molecular complexity index is 811. The molecule has 0 bridgehead atoms. The van der Waals surface area contributed by atoms with Crippen LogP contribution >= 0.6 is 0 Å². The highest BCUT2D eigenvalue weighted by Crippen LogP contribution is 2.41. The van der Waals surface area contributed by atoms with Gasteiger partial charge in [0.1, 0.15) is 0 Å². The topological polar surface area (TPSA) is 0 Å². The Morgan fingerprint density at radius 2 is 1.33 bits per heavy atom. The Kier molecular flexibility index (Phi) is 7.44. The Hall–Kier alpha value is -1.44. The lowest BCUT2D eigenvalue weighted by Gasteiger charge is -2.32. The van der Waals surface area contributed by atoms with Crippen molar-refractivity contribution >= 4 is 10.8 Å². The molecule has 0 heterocycles. The van der Waals surface area contributed by atoms with Gasteiger partial charge in [0.25, 0.3) is 0 Å². The van der Waals surface area contributed by atoms with Crippen LogP contribution in [0.4, 0.5) is 8.78 Å². The van der Waals surface area contributed by atoms with Crippen molar-refractivity contribution in [3.8, 4) is 0 Å². The van der Waals surface area contributed by atoms with Crippen molar-refractivity contribution < 1.29 is 8.78 Å². The van der Waals surface area contributed by atoms with E-state index in [4.69, 9.17) is 0 Å². The molecular formula is C28H38F2. The maximum absolute atomic E-state index is 14.0. The zero-order chi connectivity index (χ0) is 20.9. The zero-order valence-corrected chi connectivity index (χ0v) is 18.6. The van der Waals surface area contributed by atoms with Gasteiger partial charge in [-0.15, -0.1) is 0 Å². The van der Waals surface area contributed by atoms with Gasteiger partial charge in [-0.2, -0.15) is 0 Å². The first-order valence-corrected chi connectivity index (χ1v) is 12.5. The van der Waals surface area contributed by atoms with E-state index < -0.39 is 11.6 Å². The van der Waals surface area contributed by atoms with Crippen molar-refractivity contribution in [2.45, 2.75) is 96.3 Å². The molecule has 0 radical (unpaired) electrons. The maximum atomic E-state index is 14.0. The van der Waals surface area contributed by atoms with Crippen LogP contribution in [0.3, 0.4) is 0 Å². The lowest BCUT2D eigenvalue weighted by Crippen LogP contribution is -2.17. The molecule has 2 heteroatoms. The second-order valence-corrected chi connectivity index (χ2v) is 10.2. The second kappa shape index (κ2) is 10.2. The summed E-state index contributed by atoms with van der Waals surface area (Å²) in [6.45, 7) is 2.31. The molecule has 164 valence electrons. The van der Waals surface area contributed by atoms with Gasteiger partial charge in [0.05, 0.1) is 0 Å². The molecule has 30 heavy (non-hydrogen) atoms. The minimum absolute atomic E-state index is 0.400. The summed E-state index contributed by atoms with van der Waals surface area (Å²) in [6.07, 6.45) is 18.1. The summed E-state index contributed by atoms with van der Waals surface area (Å²) in [5.74, 6) is 1.99. The Morgan fingerprint density at radius 3 is 1.97 bits per heavy atom. The third-order valence-electron chi connectivity index (χ3n) is 8.16. The van der Waals surface area contributed by atoms with Crippen LogP contribution in [0.2, 0.25) is 0 Å². The Balaban J connectivity index is 1.23. The number of benzene rings is 2. The first-order valence-electron chi connectivity index (χ1n) is 12.5. The Labute approximate surface area is 181 Å². The van der Waals surface area contributed by atoms with Crippen LogP contribution in [0.15, 0.2) is 30.3 Å². The van der Waals surface area contributed by atoms with Crippen LogP contribution < -0.4 is 0 Å². The zero-order valence-electron chi connectivity index (χ0n) is 18.6. The molecule has 2 aromatic rings. The highest BCUT2D eigenvalue weighted by atomic mass is 19.2. The van der Waals surface area contributed by atoms with E-state index in [2.05, 4.69) is 13.0 Å². The fourth-order valence-corrected chi connectivity index (χ4v) is 6.10. The highest BCUT2D eigenvalue weighted by molar-refractivity contribution is 5.84. The third-order valence-corrected chi connectivity index (χ3v) is 8.16. The fourth-order valence-electron chi connectivity index (χ4n) is 6.10. The monoisotopic (exact) mass is 412 g/mol. The summed E-state index contributed by atoms with van der Waals surface area (Å²) in [6, 6.07) is 8.83. The molecule has 0 unspecified atom stereocenters. The predicted molar refractivity (Wildman–Crippen MR) is 123 cm³/mol. The van der Waals surface area contributed by atoms with Gasteiger partial charge in [-0.05, 0) is 66.4 Å². The van der Waals surface area contributed by atoms with Gasteiger partial charge in [0.15, 0.2) is 11.6 Å². The summed E-state index contributed by atoms with van der Waals surface area (Å²) in [4.78, 5) is 0. The molecule has 2 aliphatic rings. The van der Waals surface area contributed by atoms with Gasteiger partial charge in [0.2, 0.25) is 0 Å². The van der Waals surface area contributed by atoms with Crippen molar-refractivity contribution in [3.63, 3.8) is 0 Å². The lowest BCUT2D eigenvalue weighted by atomic mass is 9.74. The highest BCUT2D eigenvalue weighted by Gasteiger charge is 2.25. The molecule has 0 saturated heterocycles. The first kappa shape index (κ1) is 21.8. The SMILES string of the molecule is CCCC[C@H]1CC[C@H](CC[C@H]2CC[C@H](c3ccc4c(F)c(F)ccc4c3)CC2)CC1. The lowest BCUT2D eigenvalue weighted by molar-refractivity contribution is 0.223. The second-order valence-electron chi connectivity index (χ2n) is 10.2. The van der Waals surface area contributed by atoms with Crippen LogP contribution in [0.1, 0.15) is 102 Å². The Morgan fingerprint density at radius 1 is 0.733 bits per heavy atom.